The molecule has 0 amide bonds. The van der Waals surface area contributed by atoms with E-state index in [1.54, 1.807) is 0 Å². The quantitative estimate of drug-likeness (QED) is 0.0261. The van der Waals surface area contributed by atoms with E-state index < -0.39 is 6.10 Å². The topological polar surface area (TPSA) is 78.9 Å². The van der Waals surface area contributed by atoms with E-state index in [0.29, 0.717) is 19.3 Å². The molecular formula is C66H110O6. The molecule has 1 atom stereocenters. The third-order valence-corrected chi connectivity index (χ3v) is 12.5. The van der Waals surface area contributed by atoms with Gasteiger partial charge in [0.1, 0.15) is 13.2 Å². The number of rotatable bonds is 53. The molecule has 1 unspecified atom stereocenters. The van der Waals surface area contributed by atoms with E-state index >= 15 is 0 Å². The van der Waals surface area contributed by atoms with E-state index in [1.165, 1.54) is 103 Å². The van der Waals surface area contributed by atoms with Crippen LogP contribution in [0.15, 0.2) is 109 Å². The third kappa shape index (κ3) is 57.0. The Morgan fingerprint density at radius 2 is 0.542 bits per heavy atom. The van der Waals surface area contributed by atoms with Crippen molar-refractivity contribution < 1.29 is 28.6 Å². The van der Waals surface area contributed by atoms with Gasteiger partial charge in [0.15, 0.2) is 6.10 Å². The lowest BCUT2D eigenvalue weighted by Crippen LogP contribution is -2.30. The average Bonchev–Trinajstić information content (AvgIpc) is 3.38. The Hall–Kier alpha value is -3.93. The minimum absolute atomic E-state index is 0.0938. The van der Waals surface area contributed by atoms with Gasteiger partial charge < -0.3 is 14.2 Å². The van der Waals surface area contributed by atoms with Crippen LogP contribution in [-0.4, -0.2) is 37.2 Å². The Bertz CT molecular complexity index is 1470. The van der Waals surface area contributed by atoms with Crippen LogP contribution in [0.2, 0.25) is 0 Å². The summed E-state index contributed by atoms with van der Waals surface area (Å²) in [4.78, 5) is 38.2. The number of allylic oxidation sites excluding steroid dienone is 18. The molecule has 0 fully saturated rings. The average molecular weight is 1000 g/mol. The maximum atomic E-state index is 12.9. The largest absolute Gasteiger partial charge is 0.462 e. The molecular weight excluding hydrogens is 889 g/mol. The van der Waals surface area contributed by atoms with Crippen molar-refractivity contribution in [3.63, 3.8) is 0 Å². The second kappa shape index (κ2) is 59.6. The summed E-state index contributed by atoms with van der Waals surface area (Å²) in [6.45, 7) is 6.38. The standard InChI is InChI=1S/C66H110O6/c1-4-7-10-13-16-19-22-25-28-30-31-32-33-34-35-37-38-41-44-47-50-53-56-59-65(68)71-62-63(61-70-64(67)58-55-52-49-46-43-40-27-24-21-18-15-12-9-6-3)72-66(69)60-57-54-51-48-45-42-39-36-29-26-23-20-17-14-11-8-5-2/h7-8,10-11,16-17,19-20,24-29,31-32,39,42,63H,4-6,9,12-15,18,21-23,30,33-38,40-41,43-62H2,1-3H3/b10-7-,11-8-,19-16-,20-17-,27-24-,28-25-,29-26-,32-31-,42-39-. The fourth-order valence-electron chi connectivity index (χ4n) is 8.07. The second-order valence-electron chi connectivity index (χ2n) is 19.5. The number of hydrogen-bond donors (Lipinski definition) is 0. The molecule has 6 heteroatoms. The number of carbonyl (C=O) groups is 3. The van der Waals surface area contributed by atoms with Gasteiger partial charge in [-0.1, -0.05) is 239 Å². The van der Waals surface area contributed by atoms with Crippen LogP contribution in [0, 0.1) is 0 Å². The number of ether oxygens (including phenoxy) is 3. The van der Waals surface area contributed by atoms with Crippen molar-refractivity contribution in [1.29, 1.82) is 0 Å². The lowest BCUT2D eigenvalue weighted by Gasteiger charge is -2.18. The number of carbonyl (C=O) groups excluding carboxylic acids is 3. The molecule has 0 spiro atoms. The first-order valence-corrected chi connectivity index (χ1v) is 29.9. The van der Waals surface area contributed by atoms with Gasteiger partial charge in [-0.05, 0) is 122 Å². The Morgan fingerprint density at radius 3 is 0.861 bits per heavy atom. The van der Waals surface area contributed by atoms with E-state index in [-0.39, 0.29) is 31.1 Å². The molecule has 0 rings (SSSR count). The van der Waals surface area contributed by atoms with Crippen LogP contribution >= 0.6 is 0 Å². The highest BCUT2D eigenvalue weighted by atomic mass is 16.6. The maximum Gasteiger partial charge on any atom is 0.306 e. The Kier molecular flexibility index (Phi) is 56.4. The predicted molar refractivity (Wildman–Crippen MR) is 311 cm³/mol. The molecule has 0 heterocycles. The molecule has 0 N–H and O–H groups in total. The Morgan fingerprint density at radius 1 is 0.292 bits per heavy atom. The fraction of sp³-hybridized carbons (Fsp3) is 0.682. The van der Waals surface area contributed by atoms with Crippen LogP contribution in [0.25, 0.3) is 0 Å². The van der Waals surface area contributed by atoms with E-state index in [0.717, 1.165) is 128 Å². The molecule has 410 valence electrons. The first-order chi connectivity index (χ1) is 35.5. The molecule has 0 radical (unpaired) electrons. The SMILES string of the molecule is CC/C=C\C/C=C\C/C=C\C/C=C\CCCCCCCCCCCCC(=O)OCC(COC(=O)CCCCCCC/C=C\CCCCCCC)OC(=O)CCCCCC/C=C\C/C=C\C/C=C\C/C=C\CC. The molecule has 72 heavy (non-hydrogen) atoms. The van der Waals surface area contributed by atoms with Gasteiger partial charge in [-0.2, -0.15) is 0 Å². The number of hydrogen-bond acceptors (Lipinski definition) is 6. The Balaban J connectivity index is 4.40. The summed E-state index contributed by atoms with van der Waals surface area (Å²) in [5.41, 5.74) is 0. The number of unbranched alkanes of at least 4 members (excludes halogenated alkanes) is 24. The molecule has 0 bridgehead atoms. The monoisotopic (exact) mass is 999 g/mol. The molecule has 0 aromatic carbocycles. The van der Waals surface area contributed by atoms with Crippen molar-refractivity contribution in [2.24, 2.45) is 0 Å². The maximum absolute atomic E-state index is 12.9. The van der Waals surface area contributed by atoms with Crippen molar-refractivity contribution in [3.05, 3.63) is 109 Å². The van der Waals surface area contributed by atoms with Crippen molar-refractivity contribution in [1.82, 2.24) is 0 Å². The van der Waals surface area contributed by atoms with Gasteiger partial charge in [0.2, 0.25) is 0 Å². The first-order valence-electron chi connectivity index (χ1n) is 29.9. The molecule has 0 aliphatic rings. The molecule has 0 aromatic heterocycles. The van der Waals surface area contributed by atoms with Crippen LogP contribution in [0.4, 0.5) is 0 Å². The summed E-state index contributed by atoms with van der Waals surface area (Å²) in [6.07, 6.45) is 80.8. The normalized spacial score (nSPS) is 12.9. The van der Waals surface area contributed by atoms with Gasteiger partial charge in [-0.25, -0.2) is 0 Å². The van der Waals surface area contributed by atoms with Crippen LogP contribution in [0.3, 0.4) is 0 Å². The summed E-state index contributed by atoms with van der Waals surface area (Å²) >= 11 is 0. The molecule has 0 saturated heterocycles. The van der Waals surface area contributed by atoms with E-state index in [1.807, 2.05) is 0 Å². The minimum Gasteiger partial charge on any atom is -0.462 e. The van der Waals surface area contributed by atoms with E-state index in [9.17, 15) is 14.4 Å². The zero-order valence-corrected chi connectivity index (χ0v) is 46.9. The van der Waals surface area contributed by atoms with Crippen LogP contribution < -0.4 is 0 Å². The van der Waals surface area contributed by atoms with Crippen LogP contribution in [0.1, 0.15) is 271 Å². The Labute approximate surface area is 444 Å². The fourth-order valence-corrected chi connectivity index (χ4v) is 8.07. The third-order valence-electron chi connectivity index (χ3n) is 12.5. The van der Waals surface area contributed by atoms with Crippen molar-refractivity contribution >= 4 is 17.9 Å². The minimum atomic E-state index is -0.798. The molecule has 6 nitrogen and oxygen atoms in total. The van der Waals surface area contributed by atoms with Crippen molar-refractivity contribution in [3.8, 4) is 0 Å². The summed E-state index contributed by atoms with van der Waals surface area (Å²) in [5, 5.41) is 0. The molecule has 0 aliphatic heterocycles. The van der Waals surface area contributed by atoms with Crippen molar-refractivity contribution in [2.45, 2.75) is 277 Å². The molecule has 0 saturated carbocycles. The number of esters is 3. The van der Waals surface area contributed by atoms with E-state index in [2.05, 4.69) is 130 Å². The first kappa shape index (κ1) is 68.1. The van der Waals surface area contributed by atoms with Crippen molar-refractivity contribution in [2.75, 3.05) is 13.2 Å². The van der Waals surface area contributed by atoms with Gasteiger partial charge >= 0.3 is 17.9 Å². The smallest absolute Gasteiger partial charge is 0.306 e. The van der Waals surface area contributed by atoms with Gasteiger partial charge in [-0.3, -0.25) is 14.4 Å². The van der Waals surface area contributed by atoms with Gasteiger partial charge in [0, 0.05) is 19.3 Å². The highest BCUT2D eigenvalue weighted by molar-refractivity contribution is 5.71. The van der Waals surface area contributed by atoms with Crippen LogP contribution in [0.5, 0.6) is 0 Å². The van der Waals surface area contributed by atoms with Gasteiger partial charge in [-0.15, -0.1) is 0 Å². The van der Waals surface area contributed by atoms with Gasteiger partial charge in [0.05, 0.1) is 0 Å². The zero-order chi connectivity index (χ0) is 52.2. The predicted octanol–water partition coefficient (Wildman–Crippen LogP) is 20.3. The highest BCUT2D eigenvalue weighted by Gasteiger charge is 2.19. The second-order valence-corrected chi connectivity index (χ2v) is 19.5. The zero-order valence-electron chi connectivity index (χ0n) is 46.9. The summed E-state index contributed by atoms with van der Waals surface area (Å²) < 4.78 is 16.9. The molecule has 0 aliphatic carbocycles. The summed E-state index contributed by atoms with van der Waals surface area (Å²) in [6, 6.07) is 0. The highest BCUT2D eigenvalue weighted by Crippen LogP contribution is 2.15. The van der Waals surface area contributed by atoms with Gasteiger partial charge in [0.25, 0.3) is 0 Å². The lowest BCUT2D eigenvalue weighted by molar-refractivity contribution is -0.167. The lowest BCUT2D eigenvalue weighted by atomic mass is 10.1. The molecule has 0 aromatic rings. The summed E-state index contributed by atoms with van der Waals surface area (Å²) in [5.74, 6) is -0.927. The summed E-state index contributed by atoms with van der Waals surface area (Å²) in [7, 11) is 0. The van der Waals surface area contributed by atoms with Crippen LogP contribution in [-0.2, 0) is 28.6 Å². The van der Waals surface area contributed by atoms with E-state index in [4.69, 9.17) is 14.2 Å².